The fraction of sp³-hybridized carbons (Fsp3) is 0.308. The molecule has 2 heterocycles. The van der Waals surface area contributed by atoms with Gasteiger partial charge in [0, 0.05) is 48.9 Å². The number of rotatable bonds is 6. The van der Waals surface area contributed by atoms with E-state index in [0.717, 1.165) is 16.8 Å². The Hall–Kier alpha value is -2.70. The van der Waals surface area contributed by atoms with Gasteiger partial charge in [-0.3, -0.25) is 4.90 Å². The van der Waals surface area contributed by atoms with Crippen molar-refractivity contribution in [1.82, 2.24) is 9.80 Å². The number of aromatic hydroxyl groups is 1. The number of halogens is 2. The number of nitrogens with zero attached hydrogens (tertiary/aromatic N) is 2. The van der Waals surface area contributed by atoms with E-state index in [1.54, 1.807) is 23.5 Å². The van der Waals surface area contributed by atoms with Gasteiger partial charge in [0.15, 0.2) is 0 Å². The van der Waals surface area contributed by atoms with Gasteiger partial charge in [-0.25, -0.2) is 8.78 Å². The smallest absolute Gasteiger partial charge is 0.130 e. The zero-order chi connectivity index (χ0) is 22.8. The summed E-state index contributed by atoms with van der Waals surface area (Å²) in [5.41, 5.74) is 3.21. The first-order valence-corrected chi connectivity index (χ1v) is 11.7. The first-order valence-electron chi connectivity index (χ1n) is 10.8. The van der Waals surface area contributed by atoms with E-state index in [4.69, 9.17) is 0 Å². The molecule has 168 valence electrons. The van der Waals surface area contributed by atoms with Crippen LogP contribution in [0, 0.1) is 11.6 Å². The third-order valence-corrected chi connectivity index (χ3v) is 7.02. The summed E-state index contributed by atoms with van der Waals surface area (Å²) in [4.78, 5) is 4.43. The minimum absolute atomic E-state index is 0.0708. The molecule has 1 aliphatic rings. The number of benzene rings is 2. The molecule has 32 heavy (non-hydrogen) atoms. The van der Waals surface area contributed by atoms with E-state index >= 15 is 0 Å². The minimum Gasteiger partial charge on any atom is -0.508 e. The molecule has 3 aromatic rings. The lowest BCUT2D eigenvalue weighted by molar-refractivity contribution is 0.0551. The molecule has 0 radical (unpaired) electrons. The number of hydrogen-bond donors (Lipinski definition) is 1. The third kappa shape index (κ3) is 4.57. The van der Waals surface area contributed by atoms with Crippen LogP contribution in [0.5, 0.6) is 5.75 Å². The molecule has 1 N–H and O–H groups in total. The second kappa shape index (κ2) is 9.43. The van der Waals surface area contributed by atoms with Gasteiger partial charge < -0.3 is 10.0 Å². The topological polar surface area (TPSA) is 26.7 Å². The Morgan fingerprint density at radius 3 is 2.44 bits per heavy atom. The van der Waals surface area contributed by atoms with Crippen LogP contribution in [0.3, 0.4) is 0 Å². The van der Waals surface area contributed by atoms with Gasteiger partial charge in [0.2, 0.25) is 0 Å². The molecule has 0 unspecified atom stereocenters. The summed E-state index contributed by atoms with van der Waals surface area (Å²) in [5.74, 6) is -0.844. The van der Waals surface area contributed by atoms with Crippen LogP contribution in [0.25, 0.3) is 0 Å². The van der Waals surface area contributed by atoms with Gasteiger partial charge in [-0.1, -0.05) is 24.8 Å². The molecule has 1 aromatic heterocycles. The first kappa shape index (κ1) is 22.5. The minimum atomic E-state index is -0.502. The lowest BCUT2D eigenvalue weighted by Crippen LogP contribution is -2.55. The Bertz CT molecular complexity index is 1060. The molecule has 0 bridgehead atoms. The summed E-state index contributed by atoms with van der Waals surface area (Å²) >= 11 is 1.64. The van der Waals surface area contributed by atoms with E-state index in [-0.39, 0.29) is 35.9 Å². The van der Waals surface area contributed by atoms with Crippen LogP contribution >= 0.6 is 11.3 Å². The molecule has 6 heteroatoms. The fourth-order valence-corrected chi connectivity index (χ4v) is 5.28. The van der Waals surface area contributed by atoms with Crippen LogP contribution in [0.4, 0.5) is 8.78 Å². The summed E-state index contributed by atoms with van der Waals surface area (Å²) in [6, 6.07) is 13.6. The van der Waals surface area contributed by atoms with E-state index in [2.05, 4.69) is 41.7 Å². The van der Waals surface area contributed by atoms with Crippen molar-refractivity contribution in [3.63, 3.8) is 0 Å². The highest BCUT2D eigenvalue weighted by molar-refractivity contribution is 7.08. The van der Waals surface area contributed by atoms with Crippen molar-refractivity contribution < 1.29 is 13.9 Å². The zero-order valence-electron chi connectivity index (χ0n) is 18.3. The molecule has 1 saturated heterocycles. The zero-order valence-corrected chi connectivity index (χ0v) is 19.2. The van der Waals surface area contributed by atoms with Gasteiger partial charge >= 0.3 is 0 Å². The number of piperazine rings is 1. The largest absolute Gasteiger partial charge is 0.508 e. The van der Waals surface area contributed by atoms with Crippen LogP contribution in [0.1, 0.15) is 36.5 Å². The first-order chi connectivity index (χ1) is 15.3. The summed E-state index contributed by atoms with van der Waals surface area (Å²) in [6.07, 6.45) is 0. The molecule has 4 rings (SSSR count). The van der Waals surface area contributed by atoms with Crippen molar-refractivity contribution in [1.29, 1.82) is 0 Å². The predicted octanol–water partition coefficient (Wildman–Crippen LogP) is 5.97. The summed E-state index contributed by atoms with van der Waals surface area (Å²) in [7, 11) is 0. The van der Waals surface area contributed by atoms with Crippen molar-refractivity contribution in [3.05, 3.63) is 99.9 Å². The number of thiophene rings is 1. The maximum absolute atomic E-state index is 14.2. The van der Waals surface area contributed by atoms with Crippen molar-refractivity contribution >= 4 is 11.3 Å². The van der Waals surface area contributed by atoms with Gasteiger partial charge in [0.1, 0.15) is 17.4 Å². The molecule has 1 aliphatic heterocycles. The molecule has 0 aliphatic carbocycles. The van der Waals surface area contributed by atoms with E-state index < -0.39 is 11.6 Å². The molecule has 0 saturated carbocycles. The van der Waals surface area contributed by atoms with Crippen LogP contribution in [0.15, 0.2) is 71.6 Å². The molecule has 3 nitrogen and oxygen atoms in total. The Morgan fingerprint density at radius 1 is 1.06 bits per heavy atom. The Morgan fingerprint density at radius 2 is 1.78 bits per heavy atom. The van der Waals surface area contributed by atoms with Crippen molar-refractivity contribution in [2.75, 3.05) is 13.1 Å². The predicted molar refractivity (Wildman–Crippen MR) is 126 cm³/mol. The second-order valence-corrected chi connectivity index (χ2v) is 9.34. The average Bonchev–Trinajstić information content (AvgIpc) is 3.27. The van der Waals surface area contributed by atoms with Gasteiger partial charge in [-0.15, -0.1) is 0 Å². The second-order valence-electron chi connectivity index (χ2n) is 8.56. The lowest BCUT2D eigenvalue weighted by atomic mass is 9.88. The lowest BCUT2D eigenvalue weighted by Gasteiger charge is -2.47. The van der Waals surface area contributed by atoms with Gasteiger partial charge in [-0.2, -0.15) is 11.3 Å². The third-order valence-electron chi connectivity index (χ3n) is 6.32. The SMILES string of the molecule is C=C([C@H](c1ccsc1)c1cccc(O)c1)N1C[C@@H](C)N(Cc2c(F)cccc2F)C[C@@H]1C. The number of phenols is 1. The molecule has 3 atom stereocenters. The Labute approximate surface area is 192 Å². The highest BCUT2D eigenvalue weighted by atomic mass is 32.1. The highest BCUT2D eigenvalue weighted by Gasteiger charge is 2.33. The van der Waals surface area contributed by atoms with Crippen LogP contribution in [-0.2, 0) is 6.54 Å². The number of phenolic OH excluding ortho intramolecular Hbond substituents is 1. The molecular weight excluding hydrogens is 426 g/mol. The monoisotopic (exact) mass is 454 g/mol. The van der Waals surface area contributed by atoms with Crippen LogP contribution in [-0.4, -0.2) is 40.1 Å². The maximum Gasteiger partial charge on any atom is 0.130 e. The van der Waals surface area contributed by atoms with E-state index in [0.29, 0.717) is 13.1 Å². The number of allylic oxidation sites excluding steroid dienone is 1. The van der Waals surface area contributed by atoms with Crippen molar-refractivity contribution in [2.45, 2.75) is 38.4 Å². The quantitative estimate of drug-likeness (QED) is 0.497. The molecule has 0 spiro atoms. The average molecular weight is 455 g/mol. The highest BCUT2D eigenvalue weighted by Crippen LogP contribution is 2.37. The van der Waals surface area contributed by atoms with E-state index in [1.165, 1.54) is 18.2 Å². The Kier molecular flexibility index (Phi) is 6.63. The fourth-order valence-electron chi connectivity index (χ4n) is 4.59. The van der Waals surface area contributed by atoms with Crippen LogP contribution < -0.4 is 0 Å². The molecule has 1 fully saturated rings. The molecular formula is C26H28F2N2OS. The standard InChI is InChI=1S/C26H28F2N2OS/c1-17-14-30(18(2)13-29(17)15-23-24(27)8-5-9-25(23)28)19(3)26(21-10-11-32-16-21)20-6-4-7-22(31)12-20/h4-12,16-18,26,31H,3,13-15H2,1-2H3/t17-,18+,26+/m1/s1. The Balaban J connectivity index is 1.56. The van der Waals surface area contributed by atoms with Gasteiger partial charge in [0.05, 0.1) is 0 Å². The molecule has 0 amide bonds. The van der Waals surface area contributed by atoms with E-state index in [1.807, 2.05) is 17.5 Å². The van der Waals surface area contributed by atoms with Crippen molar-refractivity contribution in [3.8, 4) is 5.75 Å². The van der Waals surface area contributed by atoms with E-state index in [9.17, 15) is 13.9 Å². The summed E-state index contributed by atoms with van der Waals surface area (Å²) in [5, 5.41) is 14.2. The normalized spacial score (nSPS) is 20.3. The molecule has 2 aromatic carbocycles. The maximum atomic E-state index is 14.2. The van der Waals surface area contributed by atoms with Gasteiger partial charge in [0.25, 0.3) is 0 Å². The van der Waals surface area contributed by atoms with Crippen LogP contribution in [0.2, 0.25) is 0 Å². The number of hydrogen-bond acceptors (Lipinski definition) is 4. The summed E-state index contributed by atoms with van der Waals surface area (Å²) < 4.78 is 28.4. The van der Waals surface area contributed by atoms with Crippen molar-refractivity contribution in [2.24, 2.45) is 0 Å². The summed E-state index contributed by atoms with van der Waals surface area (Å²) in [6.45, 7) is 10.3. The van der Waals surface area contributed by atoms with Gasteiger partial charge in [-0.05, 0) is 66.1 Å².